The molecule has 3 N–H and O–H groups in total. The molecule has 0 unspecified atom stereocenters. The van der Waals surface area contributed by atoms with E-state index in [1.165, 1.54) is 0 Å². The third-order valence-corrected chi connectivity index (χ3v) is 3.85. The van der Waals surface area contributed by atoms with Crippen molar-refractivity contribution < 1.29 is 24.2 Å². The molecule has 0 aromatic heterocycles. The minimum atomic E-state index is -1.28. The van der Waals surface area contributed by atoms with E-state index in [4.69, 9.17) is 9.84 Å². The summed E-state index contributed by atoms with van der Waals surface area (Å²) in [5.41, 5.74) is 0.928. The SMILES string of the molecule is O=C(O)N[C@@H]1C/C=C/CCC(=O)N[C@H](c2ccccc2)CCOC1=O. The van der Waals surface area contributed by atoms with Crippen molar-refractivity contribution in [2.45, 2.75) is 37.8 Å². The molecular weight excluding hydrogens is 324 g/mol. The van der Waals surface area contributed by atoms with Gasteiger partial charge < -0.3 is 20.5 Å². The topological polar surface area (TPSA) is 105 Å². The number of hydrogen-bond donors (Lipinski definition) is 3. The maximum Gasteiger partial charge on any atom is 0.405 e. The fourth-order valence-electron chi connectivity index (χ4n) is 2.58. The number of nitrogens with one attached hydrogen (secondary N) is 2. The molecule has 0 spiro atoms. The Labute approximate surface area is 146 Å². The molecule has 134 valence electrons. The number of esters is 1. The number of ether oxygens (including phenoxy) is 1. The Hall–Kier alpha value is -2.83. The molecule has 0 radical (unpaired) electrons. The van der Waals surface area contributed by atoms with E-state index in [0.29, 0.717) is 19.3 Å². The average molecular weight is 346 g/mol. The summed E-state index contributed by atoms with van der Waals surface area (Å²) in [6.07, 6.45) is 3.61. The van der Waals surface area contributed by atoms with E-state index in [1.807, 2.05) is 30.3 Å². The molecule has 0 fully saturated rings. The van der Waals surface area contributed by atoms with Crippen LogP contribution in [0.25, 0.3) is 0 Å². The molecular formula is C18H22N2O5. The van der Waals surface area contributed by atoms with Crippen LogP contribution in [0.15, 0.2) is 42.5 Å². The van der Waals surface area contributed by atoms with E-state index in [0.717, 1.165) is 5.56 Å². The van der Waals surface area contributed by atoms with Gasteiger partial charge in [0.15, 0.2) is 0 Å². The summed E-state index contributed by atoms with van der Waals surface area (Å²) in [7, 11) is 0. The van der Waals surface area contributed by atoms with Crippen LogP contribution in [-0.2, 0) is 14.3 Å². The molecule has 2 atom stereocenters. The lowest BCUT2D eigenvalue weighted by Crippen LogP contribution is -2.41. The Morgan fingerprint density at radius 2 is 1.96 bits per heavy atom. The quantitative estimate of drug-likeness (QED) is 0.562. The summed E-state index contributed by atoms with van der Waals surface area (Å²) in [5, 5.41) is 14.0. The molecule has 0 saturated carbocycles. The van der Waals surface area contributed by atoms with Gasteiger partial charge >= 0.3 is 12.1 Å². The molecule has 7 heteroatoms. The monoisotopic (exact) mass is 346 g/mol. The highest BCUT2D eigenvalue weighted by molar-refractivity contribution is 5.81. The van der Waals surface area contributed by atoms with Crippen LogP contribution in [0.2, 0.25) is 0 Å². The number of rotatable bonds is 2. The largest absolute Gasteiger partial charge is 0.465 e. The Morgan fingerprint density at radius 1 is 1.20 bits per heavy atom. The molecule has 1 aromatic rings. The van der Waals surface area contributed by atoms with Gasteiger partial charge in [-0.05, 0) is 18.4 Å². The molecule has 2 amide bonds. The van der Waals surface area contributed by atoms with Gasteiger partial charge in [-0.1, -0.05) is 42.5 Å². The highest BCUT2D eigenvalue weighted by atomic mass is 16.5. The van der Waals surface area contributed by atoms with Crippen LogP contribution in [0.4, 0.5) is 4.79 Å². The summed E-state index contributed by atoms with van der Waals surface area (Å²) in [4.78, 5) is 35.0. The normalized spacial score (nSPS) is 23.8. The lowest BCUT2D eigenvalue weighted by atomic mass is 10.0. The lowest BCUT2D eigenvalue weighted by molar-refractivity contribution is -0.146. The first-order valence-electron chi connectivity index (χ1n) is 8.21. The highest BCUT2D eigenvalue weighted by Crippen LogP contribution is 2.17. The fourth-order valence-corrected chi connectivity index (χ4v) is 2.58. The predicted molar refractivity (Wildman–Crippen MR) is 90.8 cm³/mol. The third-order valence-electron chi connectivity index (χ3n) is 3.85. The van der Waals surface area contributed by atoms with E-state index < -0.39 is 18.1 Å². The molecule has 1 aliphatic heterocycles. The standard InChI is InChI=1S/C18H22N2O5/c21-16-10-6-2-5-9-15(20-18(23)24)17(22)25-12-11-14(19-16)13-7-3-1-4-8-13/h1-5,7-8,14-15,20H,6,9-12H2,(H,19,21)(H,23,24)/b5-2+/t14-,15+/m0/s1. The molecule has 1 aromatic carbocycles. The van der Waals surface area contributed by atoms with Crippen molar-refractivity contribution in [3.05, 3.63) is 48.0 Å². The Morgan fingerprint density at radius 3 is 2.68 bits per heavy atom. The molecule has 25 heavy (non-hydrogen) atoms. The summed E-state index contributed by atoms with van der Waals surface area (Å²) in [6, 6.07) is 8.23. The van der Waals surface area contributed by atoms with Crippen molar-refractivity contribution in [3.8, 4) is 0 Å². The van der Waals surface area contributed by atoms with Crippen LogP contribution in [-0.4, -0.2) is 35.7 Å². The van der Waals surface area contributed by atoms with Crippen molar-refractivity contribution >= 4 is 18.0 Å². The smallest absolute Gasteiger partial charge is 0.405 e. The number of carbonyl (C=O) groups excluding carboxylic acids is 2. The van der Waals surface area contributed by atoms with Crippen LogP contribution in [0.1, 0.15) is 37.3 Å². The van der Waals surface area contributed by atoms with Gasteiger partial charge in [0.25, 0.3) is 0 Å². The minimum absolute atomic E-state index is 0.0794. The number of carbonyl (C=O) groups is 3. The van der Waals surface area contributed by atoms with E-state index in [-0.39, 0.29) is 25.0 Å². The summed E-state index contributed by atoms with van der Waals surface area (Å²) < 4.78 is 5.21. The van der Waals surface area contributed by atoms with Gasteiger partial charge in [-0.25, -0.2) is 9.59 Å². The van der Waals surface area contributed by atoms with Gasteiger partial charge in [-0.3, -0.25) is 4.79 Å². The molecule has 7 nitrogen and oxygen atoms in total. The van der Waals surface area contributed by atoms with E-state index in [9.17, 15) is 14.4 Å². The zero-order valence-corrected chi connectivity index (χ0v) is 13.8. The van der Waals surface area contributed by atoms with Gasteiger partial charge in [0.05, 0.1) is 12.6 Å². The van der Waals surface area contributed by atoms with Gasteiger partial charge in [0, 0.05) is 12.8 Å². The summed E-state index contributed by atoms with van der Waals surface area (Å²) >= 11 is 0. The molecule has 0 bridgehead atoms. The second-order valence-corrected chi connectivity index (χ2v) is 5.73. The van der Waals surface area contributed by atoms with Crippen molar-refractivity contribution in [2.75, 3.05) is 6.61 Å². The van der Waals surface area contributed by atoms with Crippen molar-refractivity contribution in [2.24, 2.45) is 0 Å². The van der Waals surface area contributed by atoms with E-state index >= 15 is 0 Å². The van der Waals surface area contributed by atoms with Crippen LogP contribution in [0, 0.1) is 0 Å². The second-order valence-electron chi connectivity index (χ2n) is 5.73. The van der Waals surface area contributed by atoms with Gasteiger partial charge in [0.2, 0.25) is 5.91 Å². The van der Waals surface area contributed by atoms with Crippen LogP contribution in [0.5, 0.6) is 0 Å². The average Bonchev–Trinajstić information content (AvgIpc) is 2.60. The fraction of sp³-hybridized carbons (Fsp3) is 0.389. The number of cyclic esters (lactones) is 1. The van der Waals surface area contributed by atoms with Crippen LogP contribution < -0.4 is 10.6 Å². The first-order chi connectivity index (χ1) is 12.1. The molecule has 2 rings (SSSR count). The Balaban J connectivity index is 2.10. The number of hydrogen-bond acceptors (Lipinski definition) is 4. The Kier molecular flexibility index (Phi) is 7.00. The number of allylic oxidation sites excluding steroid dienone is 1. The highest BCUT2D eigenvalue weighted by Gasteiger charge is 2.22. The molecule has 0 saturated heterocycles. The van der Waals surface area contributed by atoms with Crippen LogP contribution in [0.3, 0.4) is 0 Å². The third kappa shape index (κ3) is 6.29. The first kappa shape index (κ1) is 18.5. The molecule has 0 aliphatic carbocycles. The van der Waals surface area contributed by atoms with Gasteiger partial charge in [-0.15, -0.1) is 0 Å². The molecule has 1 heterocycles. The van der Waals surface area contributed by atoms with Gasteiger partial charge in [-0.2, -0.15) is 0 Å². The maximum absolute atomic E-state index is 12.1. The zero-order chi connectivity index (χ0) is 18.1. The van der Waals surface area contributed by atoms with Crippen molar-refractivity contribution in [1.82, 2.24) is 10.6 Å². The second kappa shape index (κ2) is 9.46. The first-order valence-corrected chi connectivity index (χ1v) is 8.21. The van der Waals surface area contributed by atoms with Crippen molar-refractivity contribution in [3.63, 3.8) is 0 Å². The number of carboxylic acid groups (broad SMARTS) is 1. The lowest BCUT2D eigenvalue weighted by Gasteiger charge is -2.20. The van der Waals surface area contributed by atoms with Crippen LogP contribution >= 0.6 is 0 Å². The number of benzene rings is 1. The Bertz CT molecular complexity index is 630. The minimum Gasteiger partial charge on any atom is -0.465 e. The maximum atomic E-state index is 12.1. The van der Waals surface area contributed by atoms with Gasteiger partial charge in [0.1, 0.15) is 6.04 Å². The summed E-state index contributed by atoms with van der Waals surface area (Å²) in [6.45, 7) is 0.0835. The van der Waals surface area contributed by atoms with Crippen molar-refractivity contribution in [1.29, 1.82) is 0 Å². The van der Waals surface area contributed by atoms with E-state index in [1.54, 1.807) is 12.2 Å². The number of amides is 2. The molecule has 1 aliphatic rings. The summed E-state index contributed by atoms with van der Waals surface area (Å²) in [5.74, 6) is -0.700. The predicted octanol–water partition coefficient (Wildman–Crippen LogP) is 2.15. The zero-order valence-electron chi connectivity index (χ0n) is 13.8. The van der Waals surface area contributed by atoms with E-state index in [2.05, 4.69) is 10.6 Å².